The van der Waals surface area contributed by atoms with Gasteiger partial charge in [-0.05, 0) is 56.0 Å². The highest BCUT2D eigenvalue weighted by molar-refractivity contribution is 5.54. The second kappa shape index (κ2) is 8.01. The summed E-state index contributed by atoms with van der Waals surface area (Å²) in [6, 6.07) is 15.8. The summed E-state index contributed by atoms with van der Waals surface area (Å²) in [5, 5.41) is 3.99. The third-order valence-electron chi connectivity index (χ3n) is 5.31. The number of rotatable bonds is 6. The molecule has 1 aromatic heterocycles. The van der Waals surface area contributed by atoms with Gasteiger partial charge in [-0.2, -0.15) is 4.98 Å². The van der Waals surface area contributed by atoms with Crippen LogP contribution in [0.5, 0.6) is 0 Å². The zero-order valence-electron chi connectivity index (χ0n) is 15.6. The Morgan fingerprint density at radius 2 is 2.04 bits per heavy atom. The van der Waals surface area contributed by atoms with Crippen LogP contribution in [0.3, 0.4) is 0 Å². The van der Waals surface area contributed by atoms with Crippen LogP contribution in [0.1, 0.15) is 35.8 Å². The Labute approximate surface area is 159 Å². The van der Waals surface area contributed by atoms with Gasteiger partial charge in [0.2, 0.25) is 11.7 Å². The smallest absolute Gasteiger partial charge is 0.227 e. The van der Waals surface area contributed by atoms with Crippen molar-refractivity contribution in [2.45, 2.75) is 32.1 Å². The van der Waals surface area contributed by atoms with Crippen LogP contribution in [-0.4, -0.2) is 34.7 Å². The lowest BCUT2D eigenvalue weighted by molar-refractivity contribution is 0.315. The number of aromatic nitrogens is 2. The number of hydrogen-bond acceptors (Lipinski definition) is 4. The molecule has 0 N–H and O–H groups in total. The van der Waals surface area contributed by atoms with Crippen LogP contribution in [0.2, 0.25) is 0 Å². The molecule has 4 rings (SSSR count). The first kappa shape index (κ1) is 17.9. The highest BCUT2D eigenvalue weighted by atomic mass is 19.1. The standard InChI is InChI=1S/C22H24FN3O/c1-16-9-10-18(14-20(16)23)22-24-21(27-25-22)8-5-12-26-13-11-19(15-26)17-6-3-2-4-7-17/h2-4,6-7,9-10,14,19H,5,8,11-13,15H2,1H3. The monoisotopic (exact) mass is 365 g/mol. The van der Waals surface area contributed by atoms with Gasteiger partial charge in [-0.1, -0.05) is 47.6 Å². The lowest BCUT2D eigenvalue weighted by Crippen LogP contribution is -2.22. The summed E-state index contributed by atoms with van der Waals surface area (Å²) >= 11 is 0. The summed E-state index contributed by atoms with van der Waals surface area (Å²) in [5.74, 6) is 1.46. The maximum Gasteiger partial charge on any atom is 0.227 e. The van der Waals surface area contributed by atoms with E-state index in [1.54, 1.807) is 13.0 Å². The number of benzene rings is 2. The van der Waals surface area contributed by atoms with E-state index in [9.17, 15) is 4.39 Å². The van der Waals surface area contributed by atoms with Gasteiger partial charge < -0.3 is 9.42 Å². The van der Waals surface area contributed by atoms with Gasteiger partial charge in [-0.3, -0.25) is 0 Å². The molecule has 1 aliphatic rings. The SMILES string of the molecule is Cc1ccc(-c2noc(CCCN3CCC(c4ccccc4)C3)n2)cc1F. The molecule has 27 heavy (non-hydrogen) atoms. The quantitative estimate of drug-likeness (QED) is 0.640. The minimum atomic E-state index is -0.249. The van der Waals surface area contributed by atoms with E-state index in [0.717, 1.165) is 32.5 Å². The fourth-order valence-electron chi connectivity index (χ4n) is 3.69. The third-order valence-corrected chi connectivity index (χ3v) is 5.31. The molecule has 0 spiro atoms. The molecule has 2 heterocycles. The molecule has 0 bridgehead atoms. The van der Waals surface area contributed by atoms with Crippen LogP contribution < -0.4 is 0 Å². The lowest BCUT2D eigenvalue weighted by atomic mass is 9.99. The summed E-state index contributed by atoms with van der Waals surface area (Å²) in [6.45, 7) is 5.01. The zero-order chi connectivity index (χ0) is 18.6. The normalized spacial score (nSPS) is 17.5. The van der Waals surface area contributed by atoms with Crippen LogP contribution in [0.4, 0.5) is 4.39 Å². The predicted molar refractivity (Wildman–Crippen MR) is 103 cm³/mol. The van der Waals surface area contributed by atoms with Crippen molar-refractivity contribution in [3.05, 3.63) is 71.4 Å². The molecule has 1 fully saturated rings. The van der Waals surface area contributed by atoms with Gasteiger partial charge in [0.25, 0.3) is 0 Å². The van der Waals surface area contributed by atoms with Crippen LogP contribution in [-0.2, 0) is 6.42 Å². The second-order valence-corrected chi connectivity index (χ2v) is 7.28. The van der Waals surface area contributed by atoms with Crippen molar-refractivity contribution in [3.63, 3.8) is 0 Å². The van der Waals surface area contributed by atoms with E-state index in [1.807, 2.05) is 6.07 Å². The Hall–Kier alpha value is -2.53. The molecule has 0 radical (unpaired) electrons. The molecule has 2 aromatic carbocycles. The number of nitrogens with zero attached hydrogens (tertiary/aromatic N) is 3. The number of likely N-dealkylation sites (tertiary alicyclic amines) is 1. The van der Waals surface area contributed by atoms with E-state index in [1.165, 1.54) is 18.1 Å². The van der Waals surface area contributed by atoms with Crippen molar-refractivity contribution in [3.8, 4) is 11.4 Å². The second-order valence-electron chi connectivity index (χ2n) is 7.28. The molecular formula is C22H24FN3O. The van der Waals surface area contributed by atoms with E-state index < -0.39 is 0 Å². The molecule has 3 aromatic rings. The van der Waals surface area contributed by atoms with E-state index in [-0.39, 0.29) is 5.82 Å². The Bertz CT molecular complexity index is 894. The molecular weight excluding hydrogens is 341 g/mol. The first-order valence-electron chi connectivity index (χ1n) is 9.55. The van der Waals surface area contributed by atoms with E-state index in [0.29, 0.717) is 28.8 Å². The molecule has 0 saturated carbocycles. The zero-order valence-corrected chi connectivity index (χ0v) is 15.6. The van der Waals surface area contributed by atoms with Crippen LogP contribution in [0.15, 0.2) is 53.1 Å². The van der Waals surface area contributed by atoms with Crippen LogP contribution >= 0.6 is 0 Å². The van der Waals surface area contributed by atoms with Crippen molar-refractivity contribution in [1.29, 1.82) is 0 Å². The summed E-state index contributed by atoms with van der Waals surface area (Å²) < 4.78 is 19.1. The minimum absolute atomic E-state index is 0.249. The average Bonchev–Trinajstić information content (AvgIpc) is 3.35. The van der Waals surface area contributed by atoms with Gasteiger partial charge in [0.05, 0.1) is 0 Å². The maximum atomic E-state index is 13.7. The van der Waals surface area contributed by atoms with E-state index in [4.69, 9.17) is 4.52 Å². The van der Waals surface area contributed by atoms with Gasteiger partial charge in [0.1, 0.15) is 5.82 Å². The van der Waals surface area contributed by atoms with Crippen LogP contribution in [0.25, 0.3) is 11.4 Å². The molecule has 4 nitrogen and oxygen atoms in total. The molecule has 1 aliphatic heterocycles. The fraction of sp³-hybridized carbons (Fsp3) is 0.364. The third kappa shape index (κ3) is 4.25. The highest BCUT2D eigenvalue weighted by Crippen LogP contribution is 2.27. The van der Waals surface area contributed by atoms with Crippen molar-refractivity contribution in [2.75, 3.05) is 19.6 Å². The van der Waals surface area contributed by atoms with Crippen LogP contribution in [0, 0.1) is 12.7 Å². The maximum absolute atomic E-state index is 13.7. The number of hydrogen-bond donors (Lipinski definition) is 0. The van der Waals surface area contributed by atoms with Gasteiger partial charge in [0.15, 0.2) is 0 Å². The molecule has 140 valence electrons. The molecule has 1 saturated heterocycles. The summed E-state index contributed by atoms with van der Waals surface area (Å²) in [7, 11) is 0. The highest BCUT2D eigenvalue weighted by Gasteiger charge is 2.23. The summed E-state index contributed by atoms with van der Waals surface area (Å²) in [5.41, 5.74) is 2.70. The molecule has 0 amide bonds. The van der Waals surface area contributed by atoms with Gasteiger partial charge >= 0.3 is 0 Å². The average molecular weight is 365 g/mol. The van der Waals surface area contributed by atoms with Gasteiger partial charge in [-0.15, -0.1) is 0 Å². The lowest BCUT2D eigenvalue weighted by Gasteiger charge is -2.15. The number of aryl methyl sites for hydroxylation is 2. The number of halogens is 1. The summed E-state index contributed by atoms with van der Waals surface area (Å²) in [6.07, 6.45) is 2.94. The first-order chi connectivity index (χ1) is 13.2. The summed E-state index contributed by atoms with van der Waals surface area (Å²) in [4.78, 5) is 6.92. The van der Waals surface area contributed by atoms with Crippen molar-refractivity contribution < 1.29 is 8.91 Å². The Balaban J connectivity index is 1.28. The fourth-order valence-corrected chi connectivity index (χ4v) is 3.69. The van der Waals surface area contributed by atoms with Crippen molar-refractivity contribution in [1.82, 2.24) is 15.0 Å². The predicted octanol–water partition coefficient (Wildman–Crippen LogP) is 4.61. The van der Waals surface area contributed by atoms with Gasteiger partial charge in [0, 0.05) is 18.5 Å². The Morgan fingerprint density at radius 3 is 2.85 bits per heavy atom. The molecule has 0 aliphatic carbocycles. The first-order valence-corrected chi connectivity index (χ1v) is 9.55. The Kier molecular flexibility index (Phi) is 5.30. The largest absolute Gasteiger partial charge is 0.339 e. The Morgan fingerprint density at radius 1 is 1.19 bits per heavy atom. The molecule has 1 atom stereocenters. The van der Waals surface area contributed by atoms with E-state index in [2.05, 4.69) is 45.4 Å². The minimum Gasteiger partial charge on any atom is -0.339 e. The van der Waals surface area contributed by atoms with Crippen molar-refractivity contribution >= 4 is 0 Å². The van der Waals surface area contributed by atoms with Crippen molar-refractivity contribution in [2.24, 2.45) is 0 Å². The molecule has 5 heteroatoms. The van der Waals surface area contributed by atoms with Gasteiger partial charge in [-0.25, -0.2) is 4.39 Å². The topological polar surface area (TPSA) is 42.2 Å². The van der Waals surface area contributed by atoms with E-state index >= 15 is 0 Å². The molecule has 1 unspecified atom stereocenters.